The van der Waals surface area contributed by atoms with E-state index in [0.717, 1.165) is 11.3 Å². The average molecular weight is 278 g/mol. The highest BCUT2D eigenvalue weighted by Gasteiger charge is 2.12. The van der Waals surface area contributed by atoms with E-state index in [-0.39, 0.29) is 12.3 Å². The number of nitrogens with one attached hydrogen (secondary N) is 1. The van der Waals surface area contributed by atoms with Gasteiger partial charge in [-0.15, -0.1) is 0 Å². The molecule has 0 fully saturated rings. The molecule has 0 aliphatic heterocycles. The standard InChI is InChI=1S/C15H22N2O3/c1-3-16-14(18)8-10-17(11-9-15(19)20)13-7-5-4-6-12(13)2/h4-7H,3,8-11H2,1-2H3,(H,16,18)(H,19,20). The fourth-order valence-corrected chi connectivity index (χ4v) is 2.02. The number of benzene rings is 1. The number of amides is 1. The van der Waals surface area contributed by atoms with E-state index >= 15 is 0 Å². The van der Waals surface area contributed by atoms with Gasteiger partial charge in [-0.2, -0.15) is 0 Å². The van der Waals surface area contributed by atoms with E-state index in [1.54, 1.807) is 0 Å². The minimum absolute atomic E-state index is 0.0126. The van der Waals surface area contributed by atoms with E-state index < -0.39 is 5.97 Å². The van der Waals surface area contributed by atoms with Crippen LogP contribution < -0.4 is 10.2 Å². The Labute approximate surface area is 119 Å². The second kappa shape index (κ2) is 8.19. The van der Waals surface area contributed by atoms with Crippen molar-refractivity contribution in [1.29, 1.82) is 0 Å². The zero-order valence-corrected chi connectivity index (χ0v) is 12.1. The summed E-state index contributed by atoms with van der Waals surface area (Å²) in [6.07, 6.45) is 0.422. The fourth-order valence-electron chi connectivity index (χ4n) is 2.02. The van der Waals surface area contributed by atoms with E-state index in [1.165, 1.54) is 0 Å². The maximum Gasteiger partial charge on any atom is 0.305 e. The zero-order chi connectivity index (χ0) is 15.0. The summed E-state index contributed by atoms with van der Waals surface area (Å²) in [4.78, 5) is 24.3. The minimum Gasteiger partial charge on any atom is -0.481 e. The van der Waals surface area contributed by atoms with Crippen LogP contribution in [-0.4, -0.2) is 36.6 Å². The van der Waals surface area contributed by atoms with Crippen molar-refractivity contribution in [3.05, 3.63) is 29.8 Å². The van der Waals surface area contributed by atoms with Crippen molar-refractivity contribution in [2.75, 3.05) is 24.5 Å². The Kier molecular flexibility index (Phi) is 6.56. The van der Waals surface area contributed by atoms with Crippen molar-refractivity contribution in [3.63, 3.8) is 0 Å². The summed E-state index contributed by atoms with van der Waals surface area (Å²) in [6.45, 7) is 5.39. The molecule has 5 nitrogen and oxygen atoms in total. The third kappa shape index (κ3) is 5.30. The van der Waals surface area contributed by atoms with Crippen LogP contribution in [0, 0.1) is 6.92 Å². The summed E-state index contributed by atoms with van der Waals surface area (Å²) in [5.41, 5.74) is 2.06. The van der Waals surface area contributed by atoms with Gasteiger partial charge in [-0.1, -0.05) is 18.2 Å². The fraction of sp³-hybridized carbons (Fsp3) is 0.467. The second-order valence-corrected chi connectivity index (χ2v) is 4.62. The lowest BCUT2D eigenvalue weighted by molar-refractivity contribution is -0.136. The Morgan fingerprint density at radius 1 is 1.20 bits per heavy atom. The first-order chi connectivity index (χ1) is 9.54. The summed E-state index contributed by atoms with van der Waals surface area (Å²) in [5.74, 6) is -0.844. The third-order valence-electron chi connectivity index (χ3n) is 3.03. The number of rotatable bonds is 8. The maximum absolute atomic E-state index is 11.5. The van der Waals surface area contributed by atoms with Crippen molar-refractivity contribution in [2.45, 2.75) is 26.7 Å². The highest BCUT2D eigenvalue weighted by molar-refractivity contribution is 5.76. The molecule has 1 aromatic carbocycles. The van der Waals surface area contributed by atoms with Gasteiger partial charge >= 0.3 is 5.97 Å². The Morgan fingerprint density at radius 3 is 2.45 bits per heavy atom. The van der Waals surface area contributed by atoms with Gasteiger partial charge in [0.15, 0.2) is 0 Å². The minimum atomic E-state index is -0.832. The number of carbonyl (C=O) groups excluding carboxylic acids is 1. The van der Waals surface area contributed by atoms with Crippen molar-refractivity contribution in [1.82, 2.24) is 5.32 Å². The van der Waals surface area contributed by atoms with Crippen LogP contribution in [0.25, 0.3) is 0 Å². The van der Waals surface area contributed by atoms with Crippen molar-refractivity contribution in [3.8, 4) is 0 Å². The highest BCUT2D eigenvalue weighted by atomic mass is 16.4. The normalized spacial score (nSPS) is 10.1. The molecule has 0 unspecified atom stereocenters. The number of hydrogen-bond acceptors (Lipinski definition) is 3. The molecular formula is C15H22N2O3. The lowest BCUT2D eigenvalue weighted by Crippen LogP contribution is -2.32. The molecule has 0 spiro atoms. The molecular weight excluding hydrogens is 256 g/mol. The number of nitrogens with zero attached hydrogens (tertiary/aromatic N) is 1. The van der Waals surface area contributed by atoms with Gasteiger partial charge in [-0.3, -0.25) is 9.59 Å². The second-order valence-electron chi connectivity index (χ2n) is 4.62. The van der Waals surface area contributed by atoms with E-state index in [2.05, 4.69) is 5.32 Å². The molecule has 1 amide bonds. The smallest absolute Gasteiger partial charge is 0.305 e. The Balaban J connectivity index is 2.72. The first-order valence-electron chi connectivity index (χ1n) is 6.83. The first kappa shape index (κ1) is 16.0. The Bertz CT molecular complexity index is 460. The van der Waals surface area contributed by atoms with Gasteiger partial charge < -0.3 is 15.3 Å². The molecule has 0 atom stereocenters. The lowest BCUT2D eigenvalue weighted by atomic mass is 10.1. The van der Waals surface area contributed by atoms with Gasteiger partial charge in [0.2, 0.25) is 5.91 Å². The van der Waals surface area contributed by atoms with E-state index in [4.69, 9.17) is 5.11 Å². The number of carboxylic acid groups (broad SMARTS) is 1. The van der Waals surface area contributed by atoms with Crippen LogP contribution in [0.2, 0.25) is 0 Å². The number of aryl methyl sites for hydroxylation is 1. The molecule has 0 saturated heterocycles. The molecule has 20 heavy (non-hydrogen) atoms. The number of anilines is 1. The molecule has 5 heteroatoms. The number of hydrogen-bond donors (Lipinski definition) is 2. The number of para-hydroxylation sites is 1. The summed E-state index contributed by atoms with van der Waals surface area (Å²) in [7, 11) is 0. The summed E-state index contributed by atoms with van der Waals surface area (Å²) >= 11 is 0. The van der Waals surface area contributed by atoms with Crippen molar-refractivity contribution in [2.24, 2.45) is 0 Å². The average Bonchev–Trinajstić information content (AvgIpc) is 2.40. The van der Waals surface area contributed by atoms with Gasteiger partial charge in [0.1, 0.15) is 0 Å². The van der Waals surface area contributed by atoms with E-state index in [0.29, 0.717) is 26.1 Å². The Hall–Kier alpha value is -2.04. The predicted molar refractivity (Wildman–Crippen MR) is 78.9 cm³/mol. The molecule has 0 saturated carbocycles. The Morgan fingerprint density at radius 2 is 1.85 bits per heavy atom. The van der Waals surface area contributed by atoms with Crippen LogP contribution in [0.1, 0.15) is 25.3 Å². The lowest BCUT2D eigenvalue weighted by Gasteiger charge is -2.25. The van der Waals surface area contributed by atoms with Crippen LogP contribution >= 0.6 is 0 Å². The molecule has 0 bridgehead atoms. The maximum atomic E-state index is 11.5. The number of aliphatic carboxylic acids is 1. The van der Waals surface area contributed by atoms with Crippen LogP contribution in [0.4, 0.5) is 5.69 Å². The van der Waals surface area contributed by atoms with Gasteiger partial charge in [0.05, 0.1) is 6.42 Å². The van der Waals surface area contributed by atoms with Crippen molar-refractivity contribution >= 4 is 17.6 Å². The SMILES string of the molecule is CCNC(=O)CCN(CCC(=O)O)c1ccccc1C. The highest BCUT2D eigenvalue weighted by Crippen LogP contribution is 2.19. The summed E-state index contributed by atoms with van der Waals surface area (Å²) in [5, 5.41) is 11.6. The van der Waals surface area contributed by atoms with Crippen LogP contribution in [-0.2, 0) is 9.59 Å². The molecule has 1 rings (SSSR count). The molecule has 110 valence electrons. The quantitative estimate of drug-likeness (QED) is 0.761. The molecule has 2 N–H and O–H groups in total. The molecule has 0 aliphatic carbocycles. The summed E-state index contributed by atoms with van der Waals surface area (Å²) < 4.78 is 0. The number of carbonyl (C=O) groups is 2. The summed E-state index contributed by atoms with van der Waals surface area (Å²) in [6, 6.07) is 7.80. The monoisotopic (exact) mass is 278 g/mol. The van der Waals surface area contributed by atoms with Crippen LogP contribution in [0.5, 0.6) is 0 Å². The van der Waals surface area contributed by atoms with Gasteiger partial charge in [-0.05, 0) is 25.5 Å². The van der Waals surface area contributed by atoms with E-state index in [1.807, 2.05) is 43.0 Å². The third-order valence-corrected chi connectivity index (χ3v) is 3.03. The zero-order valence-electron chi connectivity index (χ0n) is 12.1. The van der Waals surface area contributed by atoms with Crippen molar-refractivity contribution < 1.29 is 14.7 Å². The number of carboxylic acids is 1. The molecule has 0 aromatic heterocycles. The molecule has 1 aromatic rings. The van der Waals surface area contributed by atoms with Crippen LogP contribution in [0.15, 0.2) is 24.3 Å². The van der Waals surface area contributed by atoms with Gasteiger partial charge in [0.25, 0.3) is 0 Å². The van der Waals surface area contributed by atoms with Gasteiger partial charge in [0, 0.05) is 31.7 Å². The van der Waals surface area contributed by atoms with E-state index in [9.17, 15) is 9.59 Å². The topological polar surface area (TPSA) is 69.6 Å². The van der Waals surface area contributed by atoms with Gasteiger partial charge in [-0.25, -0.2) is 0 Å². The molecule has 0 radical (unpaired) electrons. The first-order valence-corrected chi connectivity index (χ1v) is 6.83. The van der Waals surface area contributed by atoms with Crippen LogP contribution in [0.3, 0.4) is 0 Å². The predicted octanol–water partition coefficient (Wildman–Crippen LogP) is 1.80. The molecule has 0 heterocycles. The molecule has 0 aliphatic rings. The largest absolute Gasteiger partial charge is 0.481 e.